The Kier molecular flexibility index (Phi) is 2.57. The summed E-state index contributed by atoms with van der Waals surface area (Å²) in [6.07, 6.45) is 3.72. The number of imidazole rings is 1. The van der Waals surface area contributed by atoms with Crippen LogP contribution in [0.1, 0.15) is 23.9 Å². The molecule has 0 spiro atoms. The molecule has 104 valence electrons. The van der Waals surface area contributed by atoms with Crippen LogP contribution < -0.4 is 4.90 Å². The van der Waals surface area contributed by atoms with E-state index in [2.05, 4.69) is 14.9 Å². The minimum atomic E-state index is -0.850. The number of nitrogens with one attached hydrogen (secondary N) is 1. The molecule has 4 nitrogen and oxygen atoms in total. The van der Waals surface area contributed by atoms with Crippen LogP contribution in [0, 0.1) is 17.7 Å². The van der Waals surface area contributed by atoms with E-state index in [4.69, 9.17) is 0 Å². The van der Waals surface area contributed by atoms with Crippen molar-refractivity contribution in [2.24, 2.45) is 11.8 Å². The van der Waals surface area contributed by atoms with Crippen LogP contribution in [0.15, 0.2) is 30.6 Å². The number of H-pyrrole nitrogens is 1. The summed E-state index contributed by atoms with van der Waals surface area (Å²) in [4.78, 5) is 9.18. The molecule has 3 unspecified atom stereocenters. The number of halogens is 1. The summed E-state index contributed by atoms with van der Waals surface area (Å²) in [5.41, 5.74) is 1.50. The van der Waals surface area contributed by atoms with Crippen LogP contribution in [-0.2, 0) is 0 Å². The average molecular weight is 273 g/mol. The Labute approximate surface area is 116 Å². The summed E-state index contributed by atoms with van der Waals surface area (Å²) in [5.74, 6) is 1.73. The smallest absolute Gasteiger partial charge is 0.139 e. The minimum Gasteiger partial charge on any atom is -0.380 e. The largest absolute Gasteiger partial charge is 0.380 e. The third kappa shape index (κ3) is 1.89. The van der Waals surface area contributed by atoms with Crippen molar-refractivity contribution in [3.63, 3.8) is 0 Å². The fraction of sp³-hybridized carbons (Fsp3) is 0.400. The minimum absolute atomic E-state index is 0.268. The number of anilines is 1. The molecule has 3 atom stereocenters. The predicted octanol–water partition coefficient (Wildman–Crippen LogP) is 2.09. The zero-order chi connectivity index (χ0) is 13.7. The molecular weight excluding hydrogens is 257 g/mol. The summed E-state index contributed by atoms with van der Waals surface area (Å²) in [5, 5.41) is 10.4. The molecule has 4 rings (SSSR count). The molecule has 1 aliphatic carbocycles. The zero-order valence-corrected chi connectivity index (χ0v) is 11.0. The number of aromatic amines is 1. The normalized spacial score (nSPS) is 25.6. The van der Waals surface area contributed by atoms with Gasteiger partial charge in [-0.25, -0.2) is 9.37 Å². The van der Waals surface area contributed by atoms with Crippen LogP contribution in [0.2, 0.25) is 0 Å². The monoisotopic (exact) mass is 273 g/mol. The Bertz CT molecular complexity index is 618. The lowest BCUT2D eigenvalue weighted by molar-refractivity contribution is 0.211. The number of aliphatic hydroxyl groups is 1. The summed E-state index contributed by atoms with van der Waals surface area (Å²) in [6, 6.07) is 4.57. The summed E-state index contributed by atoms with van der Waals surface area (Å²) >= 11 is 0. The van der Waals surface area contributed by atoms with Gasteiger partial charge in [-0.2, -0.15) is 0 Å². The second-order valence-electron chi connectivity index (χ2n) is 5.74. The highest BCUT2D eigenvalue weighted by molar-refractivity contribution is 5.57. The van der Waals surface area contributed by atoms with Crippen molar-refractivity contribution in [2.75, 3.05) is 18.0 Å². The molecule has 5 heteroatoms. The first-order valence-electron chi connectivity index (χ1n) is 6.94. The first-order valence-corrected chi connectivity index (χ1v) is 6.94. The van der Waals surface area contributed by atoms with Gasteiger partial charge in [-0.1, -0.05) is 6.07 Å². The molecule has 1 saturated carbocycles. The molecule has 2 heterocycles. The Balaban J connectivity index is 1.71. The topological polar surface area (TPSA) is 52.2 Å². The van der Waals surface area contributed by atoms with E-state index in [1.807, 2.05) is 0 Å². The Hall–Kier alpha value is -1.88. The van der Waals surface area contributed by atoms with Gasteiger partial charge in [-0.15, -0.1) is 0 Å². The molecule has 2 aromatic rings. The van der Waals surface area contributed by atoms with Crippen molar-refractivity contribution in [1.29, 1.82) is 0 Å². The van der Waals surface area contributed by atoms with E-state index < -0.39 is 6.10 Å². The van der Waals surface area contributed by atoms with Gasteiger partial charge in [0.05, 0.1) is 0 Å². The lowest BCUT2D eigenvalue weighted by Crippen LogP contribution is -2.24. The molecule has 0 bridgehead atoms. The van der Waals surface area contributed by atoms with E-state index in [1.54, 1.807) is 18.5 Å². The number of nitrogens with zero attached hydrogens (tertiary/aromatic N) is 2. The highest BCUT2D eigenvalue weighted by Gasteiger charge is 2.45. The molecular formula is C15H16FN3O. The van der Waals surface area contributed by atoms with E-state index in [-0.39, 0.29) is 5.82 Å². The highest BCUT2D eigenvalue weighted by Crippen LogP contribution is 2.47. The molecule has 0 amide bonds. The number of rotatable bonds is 3. The number of piperidine rings is 1. The summed E-state index contributed by atoms with van der Waals surface area (Å²) in [6.45, 7) is 1.93. The first-order chi connectivity index (χ1) is 9.72. The highest BCUT2D eigenvalue weighted by atomic mass is 19.1. The van der Waals surface area contributed by atoms with Crippen molar-refractivity contribution < 1.29 is 9.50 Å². The third-order valence-electron chi connectivity index (χ3n) is 4.38. The maximum Gasteiger partial charge on any atom is 0.139 e. The van der Waals surface area contributed by atoms with Gasteiger partial charge >= 0.3 is 0 Å². The standard InChI is InChI=1S/C15H16FN3O/c16-11-1-2-12(14(20)15-17-3-4-18-15)13(6-11)19-7-9-5-10(9)8-19/h1-4,6,9-10,14,20H,5,7-8H2,(H,17,18). The number of benzene rings is 1. The van der Waals surface area contributed by atoms with E-state index >= 15 is 0 Å². The van der Waals surface area contributed by atoms with Gasteiger partial charge < -0.3 is 15.0 Å². The van der Waals surface area contributed by atoms with Crippen LogP contribution in [0.4, 0.5) is 10.1 Å². The molecule has 2 aliphatic rings. The molecule has 2 N–H and O–H groups in total. The van der Waals surface area contributed by atoms with Crippen LogP contribution in [-0.4, -0.2) is 28.2 Å². The average Bonchev–Trinajstić information content (AvgIpc) is 2.90. The third-order valence-corrected chi connectivity index (χ3v) is 4.38. The van der Waals surface area contributed by atoms with Crippen LogP contribution >= 0.6 is 0 Å². The first kappa shape index (κ1) is 11.9. The fourth-order valence-electron chi connectivity index (χ4n) is 3.19. The second-order valence-corrected chi connectivity index (χ2v) is 5.74. The van der Waals surface area contributed by atoms with E-state index in [0.717, 1.165) is 30.6 Å². The van der Waals surface area contributed by atoms with Gasteiger partial charge in [0.25, 0.3) is 0 Å². The molecule has 2 fully saturated rings. The van der Waals surface area contributed by atoms with Gasteiger partial charge in [0.2, 0.25) is 0 Å². The number of hydrogen-bond donors (Lipinski definition) is 2. The Morgan fingerprint density at radius 3 is 2.85 bits per heavy atom. The van der Waals surface area contributed by atoms with Crippen LogP contribution in [0.3, 0.4) is 0 Å². The zero-order valence-electron chi connectivity index (χ0n) is 11.0. The van der Waals surface area contributed by atoms with Crippen LogP contribution in [0.5, 0.6) is 0 Å². The maximum absolute atomic E-state index is 13.6. The molecule has 1 aromatic heterocycles. The summed E-state index contributed by atoms with van der Waals surface area (Å²) < 4.78 is 13.6. The lowest BCUT2D eigenvalue weighted by Gasteiger charge is -2.25. The molecule has 20 heavy (non-hydrogen) atoms. The Morgan fingerprint density at radius 2 is 2.15 bits per heavy atom. The predicted molar refractivity (Wildman–Crippen MR) is 72.9 cm³/mol. The Morgan fingerprint density at radius 1 is 1.35 bits per heavy atom. The van der Waals surface area contributed by atoms with Gasteiger partial charge in [0.1, 0.15) is 17.7 Å². The van der Waals surface area contributed by atoms with Gasteiger partial charge in [-0.05, 0) is 30.4 Å². The van der Waals surface area contributed by atoms with Gasteiger partial charge in [0.15, 0.2) is 0 Å². The number of aromatic nitrogens is 2. The van der Waals surface area contributed by atoms with Crippen molar-refractivity contribution in [3.8, 4) is 0 Å². The van der Waals surface area contributed by atoms with E-state index in [1.165, 1.54) is 18.6 Å². The quantitative estimate of drug-likeness (QED) is 0.900. The van der Waals surface area contributed by atoms with Crippen molar-refractivity contribution >= 4 is 5.69 Å². The maximum atomic E-state index is 13.6. The SMILES string of the molecule is OC(c1ncc[nH]1)c1ccc(F)cc1N1CC2CC2C1. The lowest BCUT2D eigenvalue weighted by atomic mass is 10.1. The fourth-order valence-corrected chi connectivity index (χ4v) is 3.19. The number of hydrogen-bond acceptors (Lipinski definition) is 3. The van der Waals surface area contributed by atoms with Gasteiger partial charge in [0, 0.05) is 36.7 Å². The molecule has 1 aliphatic heterocycles. The number of fused-ring (bicyclic) bond motifs is 1. The van der Waals surface area contributed by atoms with E-state index in [0.29, 0.717) is 11.4 Å². The van der Waals surface area contributed by atoms with Crippen molar-refractivity contribution in [2.45, 2.75) is 12.5 Å². The van der Waals surface area contributed by atoms with Crippen molar-refractivity contribution in [1.82, 2.24) is 9.97 Å². The molecule has 1 aromatic carbocycles. The van der Waals surface area contributed by atoms with Crippen molar-refractivity contribution in [3.05, 3.63) is 47.8 Å². The molecule has 1 saturated heterocycles. The number of aliphatic hydroxyl groups excluding tert-OH is 1. The molecule has 0 radical (unpaired) electrons. The van der Waals surface area contributed by atoms with E-state index in [9.17, 15) is 9.50 Å². The summed E-state index contributed by atoms with van der Waals surface area (Å²) in [7, 11) is 0. The van der Waals surface area contributed by atoms with Gasteiger partial charge in [-0.3, -0.25) is 0 Å². The second kappa shape index (κ2) is 4.31. The van der Waals surface area contributed by atoms with Crippen LogP contribution in [0.25, 0.3) is 0 Å².